The summed E-state index contributed by atoms with van der Waals surface area (Å²) in [6.45, 7) is 5.39. The SMILES string of the molecule is CCC(O)CN1CCC2(CCC2)CC1. The van der Waals surface area contributed by atoms with Crippen molar-refractivity contribution < 1.29 is 5.11 Å². The van der Waals surface area contributed by atoms with Crippen LogP contribution in [0, 0.1) is 5.41 Å². The number of hydrogen-bond acceptors (Lipinski definition) is 2. The maximum atomic E-state index is 9.57. The molecule has 2 aliphatic rings. The van der Waals surface area contributed by atoms with Crippen LogP contribution in [0.3, 0.4) is 0 Å². The summed E-state index contributed by atoms with van der Waals surface area (Å²) in [6.07, 6.45) is 7.94. The Hall–Kier alpha value is -0.0800. The number of aliphatic hydroxyl groups excluding tert-OH is 1. The second-order valence-corrected chi connectivity index (χ2v) is 5.22. The van der Waals surface area contributed by atoms with Crippen molar-refractivity contribution in [3.05, 3.63) is 0 Å². The van der Waals surface area contributed by atoms with Gasteiger partial charge in [0.25, 0.3) is 0 Å². The summed E-state index contributed by atoms with van der Waals surface area (Å²) in [7, 11) is 0. The fourth-order valence-corrected chi connectivity index (χ4v) is 2.81. The van der Waals surface area contributed by atoms with Crippen LogP contribution in [0.15, 0.2) is 0 Å². The Kier molecular flexibility index (Phi) is 3.13. The lowest BCUT2D eigenvalue weighted by Gasteiger charge is -2.48. The molecule has 0 aromatic rings. The Morgan fingerprint density at radius 2 is 1.86 bits per heavy atom. The maximum absolute atomic E-state index is 9.57. The first kappa shape index (κ1) is 10.4. The first-order chi connectivity index (χ1) is 6.74. The lowest BCUT2D eigenvalue weighted by molar-refractivity contribution is 0.0136. The molecule has 1 atom stereocenters. The standard InChI is InChI=1S/C12H23NO/c1-2-11(14)10-13-8-6-12(7-9-13)4-3-5-12/h11,14H,2-10H2,1H3. The minimum Gasteiger partial charge on any atom is -0.392 e. The van der Waals surface area contributed by atoms with Gasteiger partial charge in [-0.2, -0.15) is 0 Å². The fraction of sp³-hybridized carbons (Fsp3) is 1.00. The van der Waals surface area contributed by atoms with Gasteiger partial charge in [-0.05, 0) is 50.6 Å². The maximum Gasteiger partial charge on any atom is 0.0664 e. The average molecular weight is 197 g/mol. The van der Waals surface area contributed by atoms with Crippen molar-refractivity contribution in [1.29, 1.82) is 0 Å². The molecule has 2 rings (SSSR count). The molecular weight excluding hydrogens is 174 g/mol. The summed E-state index contributed by atoms with van der Waals surface area (Å²) in [5, 5.41) is 9.57. The molecule has 2 heteroatoms. The first-order valence-electron chi connectivity index (χ1n) is 6.14. The summed E-state index contributed by atoms with van der Waals surface area (Å²) >= 11 is 0. The predicted molar refractivity (Wildman–Crippen MR) is 58.3 cm³/mol. The minimum atomic E-state index is -0.106. The van der Waals surface area contributed by atoms with E-state index < -0.39 is 0 Å². The molecule has 0 aromatic carbocycles. The number of likely N-dealkylation sites (tertiary alicyclic amines) is 1. The molecule has 0 bridgehead atoms. The Morgan fingerprint density at radius 1 is 1.21 bits per heavy atom. The summed E-state index contributed by atoms with van der Waals surface area (Å²) in [6, 6.07) is 0. The van der Waals surface area contributed by atoms with Crippen LogP contribution in [0.1, 0.15) is 45.4 Å². The van der Waals surface area contributed by atoms with Crippen molar-refractivity contribution in [2.75, 3.05) is 19.6 Å². The number of nitrogens with zero attached hydrogens (tertiary/aromatic N) is 1. The molecule has 0 amide bonds. The molecule has 82 valence electrons. The second-order valence-electron chi connectivity index (χ2n) is 5.22. The monoisotopic (exact) mass is 197 g/mol. The van der Waals surface area contributed by atoms with Crippen LogP contribution >= 0.6 is 0 Å². The zero-order valence-corrected chi connectivity index (χ0v) is 9.34. The first-order valence-corrected chi connectivity index (χ1v) is 6.14. The summed E-state index contributed by atoms with van der Waals surface area (Å²) < 4.78 is 0. The molecule has 1 aliphatic heterocycles. The zero-order chi connectivity index (χ0) is 10.0. The van der Waals surface area contributed by atoms with Crippen molar-refractivity contribution in [2.45, 2.75) is 51.6 Å². The summed E-state index contributed by atoms with van der Waals surface area (Å²) in [5.41, 5.74) is 0.744. The van der Waals surface area contributed by atoms with Gasteiger partial charge in [-0.3, -0.25) is 0 Å². The lowest BCUT2D eigenvalue weighted by Crippen LogP contribution is -2.45. The smallest absolute Gasteiger partial charge is 0.0664 e. The van der Waals surface area contributed by atoms with Crippen molar-refractivity contribution in [1.82, 2.24) is 4.90 Å². The topological polar surface area (TPSA) is 23.5 Å². The molecule has 14 heavy (non-hydrogen) atoms. The Bertz CT molecular complexity index is 179. The van der Waals surface area contributed by atoms with Crippen molar-refractivity contribution in [3.63, 3.8) is 0 Å². The van der Waals surface area contributed by atoms with Crippen molar-refractivity contribution >= 4 is 0 Å². The van der Waals surface area contributed by atoms with E-state index in [-0.39, 0.29) is 6.10 Å². The van der Waals surface area contributed by atoms with Gasteiger partial charge in [-0.25, -0.2) is 0 Å². The molecule has 0 aromatic heterocycles. The molecule has 2 fully saturated rings. The van der Waals surface area contributed by atoms with Crippen LogP contribution in [0.2, 0.25) is 0 Å². The van der Waals surface area contributed by atoms with Gasteiger partial charge in [0.05, 0.1) is 6.10 Å². The molecule has 1 saturated carbocycles. The van der Waals surface area contributed by atoms with E-state index in [1.165, 1.54) is 45.2 Å². The van der Waals surface area contributed by atoms with Gasteiger partial charge in [0.15, 0.2) is 0 Å². The van der Waals surface area contributed by atoms with Gasteiger partial charge in [-0.15, -0.1) is 0 Å². The highest BCUT2D eigenvalue weighted by molar-refractivity contribution is 4.92. The van der Waals surface area contributed by atoms with Crippen molar-refractivity contribution in [2.24, 2.45) is 5.41 Å². The van der Waals surface area contributed by atoms with Gasteiger partial charge in [0.1, 0.15) is 0 Å². The van der Waals surface area contributed by atoms with Gasteiger partial charge in [0.2, 0.25) is 0 Å². The van der Waals surface area contributed by atoms with Gasteiger partial charge < -0.3 is 10.0 Å². The van der Waals surface area contributed by atoms with E-state index in [1.807, 2.05) is 0 Å². The number of hydrogen-bond donors (Lipinski definition) is 1. The average Bonchev–Trinajstić information content (AvgIpc) is 2.16. The van der Waals surface area contributed by atoms with E-state index in [1.54, 1.807) is 0 Å². The Balaban J connectivity index is 1.73. The van der Waals surface area contributed by atoms with E-state index in [9.17, 15) is 5.11 Å². The molecule has 1 saturated heterocycles. The third kappa shape index (κ3) is 2.12. The van der Waals surface area contributed by atoms with E-state index in [2.05, 4.69) is 11.8 Å². The largest absolute Gasteiger partial charge is 0.392 e. The van der Waals surface area contributed by atoms with Crippen LogP contribution in [0.4, 0.5) is 0 Å². The molecule has 1 N–H and O–H groups in total. The molecular formula is C12H23NO. The molecule has 1 spiro atoms. The molecule has 1 unspecified atom stereocenters. The van der Waals surface area contributed by atoms with E-state index in [0.717, 1.165) is 18.4 Å². The van der Waals surface area contributed by atoms with E-state index in [0.29, 0.717) is 0 Å². The summed E-state index contributed by atoms with van der Waals surface area (Å²) in [5.74, 6) is 0. The lowest BCUT2D eigenvalue weighted by atomic mass is 9.63. The highest BCUT2D eigenvalue weighted by Gasteiger charge is 2.39. The summed E-state index contributed by atoms with van der Waals surface area (Å²) in [4.78, 5) is 2.44. The third-order valence-corrected chi connectivity index (χ3v) is 4.27. The van der Waals surface area contributed by atoms with Crippen molar-refractivity contribution in [3.8, 4) is 0 Å². The zero-order valence-electron chi connectivity index (χ0n) is 9.34. The second kappa shape index (κ2) is 4.19. The molecule has 0 radical (unpaired) electrons. The third-order valence-electron chi connectivity index (χ3n) is 4.27. The quantitative estimate of drug-likeness (QED) is 0.748. The fourth-order valence-electron chi connectivity index (χ4n) is 2.81. The number of aliphatic hydroxyl groups is 1. The van der Waals surface area contributed by atoms with E-state index >= 15 is 0 Å². The van der Waals surface area contributed by atoms with Gasteiger partial charge in [-0.1, -0.05) is 13.3 Å². The molecule has 1 heterocycles. The highest BCUT2D eigenvalue weighted by Crippen LogP contribution is 2.48. The Labute approximate surface area is 87.3 Å². The predicted octanol–water partition coefficient (Wildman–Crippen LogP) is 2.02. The van der Waals surface area contributed by atoms with Crippen LogP contribution in [0.25, 0.3) is 0 Å². The number of piperidine rings is 1. The van der Waals surface area contributed by atoms with Gasteiger partial charge in [0, 0.05) is 6.54 Å². The molecule has 1 aliphatic carbocycles. The van der Waals surface area contributed by atoms with Crippen LogP contribution in [0.5, 0.6) is 0 Å². The number of β-amino-alcohol motifs (C(OH)–C–C–N with tert-alkyl or cyclic N) is 1. The Morgan fingerprint density at radius 3 is 2.29 bits per heavy atom. The van der Waals surface area contributed by atoms with Crippen LogP contribution in [-0.4, -0.2) is 35.7 Å². The van der Waals surface area contributed by atoms with E-state index in [4.69, 9.17) is 0 Å². The van der Waals surface area contributed by atoms with Crippen LogP contribution < -0.4 is 0 Å². The number of rotatable bonds is 3. The molecule has 2 nitrogen and oxygen atoms in total. The normalized spacial score (nSPS) is 28.7. The minimum absolute atomic E-state index is 0.106. The van der Waals surface area contributed by atoms with Crippen LogP contribution in [-0.2, 0) is 0 Å². The highest BCUT2D eigenvalue weighted by atomic mass is 16.3. The van der Waals surface area contributed by atoms with Gasteiger partial charge >= 0.3 is 0 Å².